The van der Waals surface area contributed by atoms with Gasteiger partial charge < -0.3 is 4.90 Å². The summed E-state index contributed by atoms with van der Waals surface area (Å²) in [5.74, 6) is 0.642. The molecule has 0 radical (unpaired) electrons. The topological polar surface area (TPSA) is 16.1 Å². The van der Waals surface area contributed by atoms with E-state index >= 15 is 0 Å². The molecule has 1 saturated heterocycles. The molecule has 14 heavy (non-hydrogen) atoms. The minimum absolute atomic E-state index is 0.0535. The second-order valence-electron chi connectivity index (χ2n) is 3.65. The van der Waals surface area contributed by atoms with E-state index in [1.54, 1.807) is 0 Å². The van der Waals surface area contributed by atoms with Crippen LogP contribution < -0.4 is 4.90 Å². The third kappa shape index (κ3) is 1.92. The molecule has 1 aromatic rings. The van der Waals surface area contributed by atoms with Crippen LogP contribution in [0, 0.1) is 0 Å². The van der Waals surface area contributed by atoms with E-state index in [2.05, 4.69) is 32.7 Å². The van der Waals surface area contributed by atoms with Crippen molar-refractivity contribution >= 4 is 21.7 Å². The molecule has 2 heterocycles. The van der Waals surface area contributed by atoms with Crippen molar-refractivity contribution in [3.8, 4) is 0 Å². The Morgan fingerprint density at radius 3 is 3.29 bits per heavy atom. The van der Waals surface area contributed by atoms with Crippen molar-refractivity contribution in [1.29, 1.82) is 0 Å². The molecule has 0 spiro atoms. The maximum Gasteiger partial charge on any atom is 0.143 e. The van der Waals surface area contributed by atoms with E-state index in [1.807, 2.05) is 0 Å². The summed E-state index contributed by atoms with van der Waals surface area (Å²) in [6, 6.07) is 0.311. The molecule has 0 aromatic carbocycles. The number of pyridine rings is 1. The lowest BCUT2D eigenvalue weighted by Crippen LogP contribution is -2.38. The molecule has 1 atom stereocenters. The Morgan fingerprint density at radius 2 is 2.50 bits per heavy atom. The Bertz CT molecular complexity index is 439. The van der Waals surface area contributed by atoms with Gasteiger partial charge in [0.2, 0.25) is 0 Å². The van der Waals surface area contributed by atoms with Gasteiger partial charge in [0.1, 0.15) is 5.82 Å². The van der Waals surface area contributed by atoms with Gasteiger partial charge in [-0.05, 0) is 54.2 Å². The molecule has 3 heteroatoms. The van der Waals surface area contributed by atoms with Gasteiger partial charge in [0.15, 0.2) is 0 Å². The fraction of sp³-hybridized carbons (Fsp3) is 0.545. The summed E-state index contributed by atoms with van der Waals surface area (Å²) in [4.78, 5) is 6.27. The number of hydrogen-bond acceptors (Lipinski definition) is 2. The molecule has 2 nitrogen and oxygen atoms in total. The predicted octanol–water partition coefficient (Wildman–Crippen LogP) is 3.22. The van der Waals surface area contributed by atoms with Crippen molar-refractivity contribution in [3.63, 3.8) is 0 Å². The minimum atomic E-state index is -0.120. The standard InChI is InChI=1S/C11H15BrN2/c1-9-5-2-3-8-14(9)11-10(12)6-4-7-13-11/h4,6-7,9H,2-3,5,8H2,1H3/i4D,6D,7D. The van der Waals surface area contributed by atoms with Crippen LogP contribution in [-0.2, 0) is 0 Å². The summed E-state index contributed by atoms with van der Waals surface area (Å²) >= 11 is 3.33. The summed E-state index contributed by atoms with van der Waals surface area (Å²) in [6.45, 7) is 3.04. The highest BCUT2D eigenvalue weighted by Gasteiger charge is 2.20. The number of nitrogens with zero attached hydrogens (tertiary/aromatic N) is 2. The summed E-state index contributed by atoms with van der Waals surface area (Å²) < 4.78 is 23.5. The highest BCUT2D eigenvalue weighted by Crippen LogP contribution is 2.28. The van der Waals surface area contributed by atoms with Gasteiger partial charge in [-0.1, -0.05) is 0 Å². The van der Waals surface area contributed by atoms with Gasteiger partial charge in [0, 0.05) is 18.8 Å². The lowest BCUT2D eigenvalue weighted by molar-refractivity contribution is 0.480. The van der Waals surface area contributed by atoms with Crippen LogP contribution in [-0.4, -0.2) is 17.6 Å². The number of hydrogen-bond donors (Lipinski definition) is 0. The van der Waals surface area contributed by atoms with Crippen molar-refractivity contribution in [2.24, 2.45) is 0 Å². The van der Waals surface area contributed by atoms with Crippen molar-refractivity contribution in [3.05, 3.63) is 22.7 Å². The van der Waals surface area contributed by atoms with Gasteiger partial charge >= 0.3 is 0 Å². The van der Waals surface area contributed by atoms with Crippen molar-refractivity contribution in [1.82, 2.24) is 4.98 Å². The molecule has 1 unspecified atom stereocenters. The quantitative estimate of drug-likeness (QED) is 0.768. The molecule has 0 N–H and O–H groups in total. The van der Waals surface area contributed by atoms with Crippen LogP contribution in [0.3, 0.4) is 0 Å². The molecule has 1 aliphatic heterocycles. The molecule has 1 aromatic heterocycles. The van der Waals surface area contributed by atoms with Gasteiger partial charge in [0.05, 0.1) is 8.58 Å². The molecule has 2 rings (SSSR count). The van der Waals surface area contributed by atoms with Crippen LogP contribution in [0.25, 0.3) is 0 Å². The SMILES string of the molecule is [2H]c1nc(N2CCCCC2C)c(Br)c([2H])c1[2H]. The van der Waals surface area contributed by atoms with Crippen LogP contribution in [0.4, 0.5) is 5.82 Å². The first-order valence-electron chi connectivity index (χ1n) is 6.42. The van der Waals surface area contributed by atoms with E-state index in [0.717, 1.165) is 19.4 Å². The average molecular weight is 258 g/mol. The van der Waals surface area contributed by atoms with Crippen LogP contribution in [0.15, 0.2) is 22.7 Å². The normalized spacial score (nSPS) is 25.4. The van der Waals surface area contributed by atoms with Gasteiger partial charge in [-0.3, -0.25) is 0 Å². The fourth-order valence-corrected chi connectivity index (χ4v) is 2.29. The van der Waals surface area contributed by atoms with E-state index in [9.17, 15) is 0 Å². The Balaban J connectivity index is 2.44. The zero-order chi connectivity index (χ0) is 12.6. The number of aromatic nitrogens is 1. The molecule has 0 bridgehead atoms. The molecule has 1 fully saturated rings. The number of halogens is 1. The van der Waals surface area contributed by atoms with E-state index in [0.29, 0.717) is 16.3 Å². The highest BCUT2D eigenvalue weighted by molar-refractivity contribution is 9.10. The van der Waals surface area contributed by atoms with Crippen LogP contribution in [0.5, 0.6) is 0 Å². The molecular formula is C11H15BrN2. The summed E-state index contributed by atoms with van der Waals surface area (Å²) in [6.07, 6.45) is 3.32. The van der Waals surface area contributed by atoms with Crippen molar-refractivity contribution in [2.45, 2.75) is 32.2 Å². The molecule has 0 amide bonds. The van der Waals surface area contributed by atoms with Crippen LogP contribution >= 0.6 is 15.9 Å². The predicted molar refractivity (Wildman–Crippen MR) is 62.6 cm³/mol. The zero-order valence-electron chi connectivity index (χ0n) is 11.2. The van der Waals surface area contributed by atoms with Gasteiger partial charge in [-0.15, -0.1) is 0 Å². The maximum absolute atomic E-state index is 7.79. The lowest BCUT2D eigenvalue weighted by Gasteiger charge is -2.34. The third-order valence-electron chi connectivity index (χ3n) is 2.66. The molecule has 1 aliphatic rings. The average Bonchev–Trinajstić information content (AvgIpc) is 2.32. The van der Waals surface area contributed by atoms with E-state index in [-0.39, 0.29) is 18.3 Å². The number of anilines is 1. The Morgan fingerprint density at radius 1 is 1.64 bits per heavy atom. The maximum atomic E-state index is 7.79. The van der Waals surface area contributed by atoms with Crippen LogP contribution in [0.2, 0.25) is 0 Å². The summed E-state index contributed by atoms with van der Waals surface area (Å²) in [5, 5.41) is 0. The molecule has 0 aliphatic carbocycles. The Labute approximate surface area is 97.7 Å². The minimum Gasteiger partial charge on any atom is -0.353 e. The van der Waals surface area contributed by atoms with E-state index in [1.165, 1.54) is 6.42 Å². The first-order chi connectivity index (χ1) is 8.02. The lowest BCUT2D eigenvalue weighted by atomic mass is 10.0. The van der Waals surface area contributed by atoms with E-state index < -0.39 is 0 Å². The third-order valence-corrected chi connectivity index (χ3v) is 3.21. The Kier molecular flexibility index (Phi) is 2.10. The molecular weight excluding hydrogens is 240 g/mol. The van der Waals surface area contributed by atoms with Crippen molar-refractivity contribution in [2.75, 3.05) is 11.4 Å². The largest absolute Gasteiger partial charge is 0.353 e. The monoisotopic (exact) mass is 257 g/mol. The number of piperidine rings is 1. The zero-order valence-corrected chi connectivity index (χ0v) is 9.76. The molecule has 76 valence electrons. The van der Waals surface area contributed by atoms with Crippen molar-refractivity contribution < 1.29 is 4.11 Å². The fourth-order valence-electron chi connectivity index (χ4n) is 1.87. The van der Waals surface area contributed by atoms with Gasteiger partial charge in [-0.2, -0.15) is 0 Å². The first-order valence-corrected chi connectivity index (χ1v) is 5.71. The second-order valence-corrected chi connectivity index (χ2v) is 4.44. The molecule has 0 saturated carbocycles. The van der Waals surface area contributed by atoms with E-state index in [4.69, 9.17) is 4.11 Å². The first kappa shape index (κ1) is 6.83. The summed E-state index contributed by atoms with van der Waals surface area (Å²) in [5.41, 5.74) is 0. The Hall–Kier alpha value is -0.570. The van der Waals surface area contributed by atoms with Crippen LogP contribution in [0.1, 0.15) is 30.3 Å². The van der Waals surface area contributed by atoms with Gasteiger partial charge in [0.25, 0.3) is 0 Å². The summed E-state index contributed by atoms with van der Waals surface area (Å²) in [7, 11) is 0. The number of rotatable bonds is 1. The van der Waals surface area contributed by atoms with Gasteiger partial charge in [-0.25, -0.2) is 4.98 Å². The second kappa shape index (κ2) is 4.30. The smallest absolute Gasteiger partial charge is 0.143 e. The highest BCUT2D eigenvalue weighted by atomic mass is 79.9.